The van der Waals surface area contributed by atoms with Crippen molar-refractivity contribution < 1.29 is 9.32 Å². The summed E-state index contributed by atoms with van der Waals surface area (Å²) in [6.07, 6.45) is 0.452. The lowest BCUT2D eigenvalue weighted by molar-refractivity contribution is -0.116. The average Bonchev–Trinajstić information content (AvgIpc) is 2.99. The number of H-pyrrole nitrogens is 1. The van der Waals surface area contributed by atoms with Crippen LogP contribution in [-0.2, 0) is 11.2 Å². The molecule has 0 saturated heterocycles. The summed E-state index contributed by atoms with van der Waals surface area (Å²) in [7, 11) is 0. The minimum absolute atomic E-state index is 0.155. The molecule has 3 rings (SSSR count). The smallest absolute Gasteiger partial charge is 0.254 e. The lowest BCUT2D eigenvalue weighted by Gasteiger charge is -2.07. The molecule has 0 aliphatic carbocycles. The van der Waals surface area contributed by atoms with Crippen LogP contribution in [0.3, 0.4) is 0 Å². The van der Waals surface area contributed by atoms with Gasteiger partial charge in [-0.2, -0.15) is 0 Å². The maximum Gasteiger partial charge on any atom is 0.254 e. The molecule has 2 N–H and O–H groups in total. The molecule has 0 atom stereocenters. The summed E-state index contributed by atoms with van der Waals surface area (Å²) in [5.74, 6) is 1.27. The molecule has 7 heteroatoms. The van der Waals surface area contributed by atoms with E-state index in [0.29, 0.717) is 35.1 Å². The summed E-state index contributed by atoms with van der Waals surface area (Å²) >= 11 is 0. The van der Waals surface area contributed by atoms with Crippen molar-refractivity contribution in [3.8, 4) is 11.4 Å². The topological polar surface area (TPSA) is 101 Å². The molecule has 2 aromatic heterocycles. The van der Waals surface area contributed by atoms with Crippen LogP contribution in [0.15, 0.2) is 45.7 Å². The molecule has 0 spiro atoms. The summed E-state index contributed by atoms with van der Waals surface area (Å²) in [5, 5.41) is 6.34. The van der Waals surface area contributed by atoms with Crippen molar-refractivity contribution in [1.29, 1.82) is 0 Å². The Kier molecular flexibility index (Phi) is 4.74. The van der Waals surface area contributed by atoms with Gasteiger partial charge in [0.1, 0.15) is 11.6 Å². The van der Waals surface area contributed by atoms with E-state index in [1.165, 1.54) is 0 Å². The van der Waals surface area contributed by atoms with Gasteiger partial charge in [-0.1, -0.05) is 35.5 Å². The molecule has 2 heterocycles. The number of carbonyl (C=O) groups excluding carboxylic acids is 1. The van der Waals surface area contributed by atoms with E-state index in [-0.39, 0.29) is 17.9 Å². The summed E-state index contributed by atoms with van der Waals surface area (Å²) < 4.78 is 4.89. The Hall–Kier alpha value is -3.22. The van der Waals surface area contributed by atoms with Crippen LogP contribution in [0.1, 0.15) is 23.4 Å². The van der Waals surface area contributed by atoms with E-state index in [9.17, 15) is 9.59 Å². The highest BCUT2D eigenvalue weighted by molar-refractivity contribution is 5.89. The second-order valence-electron chi connectivity index (χ2n) is 5.72. The zero-order valence-electron chi connectivity index (χ0n) is 14.0. The fraction of sp³-hybridized carbons (Fsp3) is 0.222. The third kappa shape index (κ3) is 4.00. The Bertz CT molecular complexity index is 944. The van der Waals surface area contributed by atoms with Gasteiger partial charge >= 0.3 is 0 Å². The molecule has 3 aromatic rings. The number of benzene rings is 1. The number of aromatic nitrogens is 3. The fourth-order valence-electron chi connectivity index (χ4n) is 2.51. The van der Waals surface area contributed by atoms with Crippen LogP contribution in [-0.4, -0.2) is 21.0 Å². The highest BCUT2D eigenvalue weighted by atomic mass is 16.5. The molecule has 0 saturated carbocycles. The van der Waals surface area contributed by atoms with Gasteiger partial charge in [0.05, 0.1) is 0 Å². The largest absolute Gasteiger partial charge is 0.360 e. The highest BCUT2D eigenvalue weighted by Gasteiger charge is 2.12. The molecular formula is C18H18N4O3. The van der Waals surface area contributed by atoms with Crippen molar-refractivity contribution in [2.24, 2.45) is 0 Å². The highest BCUT2D eigenvalue weighted by Crippen LogP contribution is 2.14. The minimum atomic E-state index is -0.237. The molecular weight excluding hydrogens is 320 g/mol. The fourth-order valence-corrected chi connectivity index (χ4v) is 2.51. The second kappa shape index (κ2) is 7.12. The van der Waals surface area contributed by atoms with Crippen molar-refractivity contribution in [3.05, 3.63) is 63.8 Å². The summed E-state index contributed by atoms with van der Waals surface area (Å²) in [5.41, 5.74) is 1.74. The molecule has 1 aromatic carbocycles. The average molecular weight is 338 g/mol. The normalized spacial score (nSPS) is 10.6. The minimum Gasteiger partial charge on any atom is -0.360 e. The van der Waals surface area contributed by atoms with Gasteiger partial charge in [-0.05, 0) is 20.3 Å². The molecule has 25 heavy (non-hydrogen) atoms. The van der Waals surface area contributed by atoms with Gasteiger partial charge in [-0.25, -0.2) is 4.98 Å². The third-order valence-corrected chi connectivity index (χ3v) is 3.77. The molecule has 0 aliphatic rings. The number of nitrogens with zero attached hydrogens (tertiary/aromatic N) is 2. The number of nitrogens with one attached hydrogen (secondary N) is 2. The van der Waals surface area contributed by atoms with Gasteiger partial charge < -0.3 is 14.8 Å². The van der Waals surface area contributed by atoms with Gasteiger partial charge in [0.15, 0.2) is 5.82 Å². The van der Waals surface area contributed by atoms with E-state index in [1.807, 2.05) is 30.3 Å². The molecule has 0 unspecified atom stereocenters. The first-order chi connectivity index (χ1) is 12.0. The van der Waals surface area contributed by atoms with E-state index >= 15 is 0 Å². The van der Waals surface area contributed by atoms with Crippen molar-refractivity contribution >= 4 is 11.7 Å². The van der Waals surface area contributed by atoms with Crippen LogP contribution in [0, 0.1) is 13.8 Å². The van der Waals surface area contributed by atoms with Gasteiger partial charge in [0.25, 0.3) is 5.56 Å². The summed E-state index contributed by atoms with van der Waals surface area (Å²) in [6.45, 7) is 3.52. The first-order valence-electron chi connectivity index (χ1n) is 7.91. The number of hydrogen-bond donors (Lipinski definition) is 2. The number of aryl methyl sites for hydroxylation is 2. The van der Waals surface area contributed by atoms with E-state index < -0.39 is 0 Å². The zero-order valence-corrected chi connectivity index (χ0v) is 14.0. The molecule has 0 bridgehead atoms. The molecule has 1 amide bonds. The molecule has 0 radical (unpaired) electrons. The number of hydrogen-bond acceptors (Lipinski definition) is 5. The number of aromatic amines is 1. The van der Waals surface area contributed by atoms with Crippen molar-refractivity contribution in [3.63, 3.8) is 0 Å². The maximum atomic E-state index is 12.4. The van der Waals surface area contributed by atoms with Gasteiger partial charge in [-0.3, -0.25) is 9.59 Å². The molecule has 128 valence electrons. The maximum absolute atomic E-state index is 12.4. The predicted octanol–water partition coefficient (Wildman–Crippen LogP) is 2.61. The van der Waals surface area contributed by atoms with E-state index in [4.69, 9.17) is 4.52 Å². The molecule has 0 fully saturated rings. The number of anilines is 1. The van der Waals surface area contributed by atoms with Gasteiger partial charge in [0, 0.05) is 29.3 Å². The van der Waals surface area contributed by atoms with Crippen LogP contribution in [0.25, 0.3) is 11.4 Å². The SMILES string of the molecule is Cc1cc(NC(=O)CCc2c(C)nc(-c3ccccc3)[nH]c2=O)no1. The van der Waals surface area contributed by atoms with E-state index in [2.05, 4.69) is 20.4 Å². The number of rotatable bonds is 5. The van der Waals surface area contributed by atoms with Gasteiger partial charge in [-0.15, -0.1) is 0 Å². The number of carbonyl (C=O) groups is 1. The Morgan fingerprint density at radius 2 is 2.00 bits per heavy atom. The van der Waals surface area contributed by atoms with Crippen molar-refractivity contribution in [2.75, 3.05) is 5.32 Å². The van der Waals surface area contributed by atoms with Crippen LogP contribution < -0.4 is 10.9 Å². The second-order valence-corrected chi connectivity index (χ2v) is 5.72. The lowest BCUT2D eigenvalue weighted by atomic mass is 10.1. The Morgan fingerprint density at radius 1 is 1.24 bits per heavy atom. The summed E-state index contributed by atoms with van der Waals surface area (Å²) in [6, 6.07) is 11.1. The monoisotopic (exact) mass is 338 g/mol. The molecule has 0 aliphatic heterocycles. The lowest BCUT2D eigenvalue weighted by Crippen LogP contribution is -2.20. The number of amides is 1. The van der Waals surface area contributed by atoms with Crippen molar-refractivity contribution in [2.45, 2.75) is 26.7 Å². The summed E-state index contributed by atoms with van der Waals surface area (Å²) in [4.78, 5) is 31.6. The first kappa shape index (κ1) is 16.6. The Labute approximate surface area is 144 Å². The zero-order chi connectivity index (χ0) is 17.8. The third-order valence-electron chi connectivity index (χ3n) is 3.77. The van der Waals surface area contributed by atoms with Crippen LogP contribution >= 0.6 is 0 Å². The van der Waals surface area contributed by atoms with Crippen LogP contribution in [0.5, 0.6) is 0 Å². The Balaban J connectivity index is 1.70. The molecule has 7 nitrogen and oxygen atoms in total. The predicted molar refractivity (Wildman–Crippen MR) is 93.2 cm³/mol. The van der Waals surface area contributed by atoms with Crippen LogP contribution in [0.2, 0.25) is 0 Å². The van der Waals surface area contributed by atoms with Gasteiger partial charge in [0.2, 0.25) is 5.91 Å². The standard InChI is InChI=1S/C18H18N4O3/c1-11-10-15(22-25-11)20-16(23)9-8-14-12(2)19-17(21-18(14)24)13-6-4-3-5-7-13/h3-7,10H,8-9H2,1-2H3,(H,19,21,24)(H,20,22,23). The Morgan fingerprint density at radius 3 is 2.64 bits per heavy atom. The van der Waals surface area contributed by atoms with Crippen LogP contribution in [0.4, 0.5) is 5.82 Å². The quantitative estimate of drug-likeness (QED) is 0.745. The van der Waals surface area contributed by atoms with E-state index in [1.54, 1.807) is 19.9 Å². The van der Waals surface area contributed by atoms with Crippen molar-refractivity contribution in [1.82, 2.24) is 15.1 Å². The first-order valence-corrected chi connectivity index (χ1v) is 7.91. The van der Waals surface area contributed by atoms with E-state index in [0.717, 1.165) is 5.56 Å².